The van der Waals surface area contributed by atoms with Crippen LogP contribution >= 0.6 is 0 Å². The maximum absolute atomic E-state index is 10.7. The zero-order valence-electron chi connectivity index (χ0n) is 8.69. The number of benzene rings is 1. The number of hydrogen-bond donors (Lipinski definition) is 1. The summed E-state index contributed by atoms with van der Waals surface area (Å²) in [6, 6.07) is 5.65. The van der Waals surface area contributed by atoms with Crippen molar-refractivity contribution in [2.75, 3.05) is 5.32 Å². The molecule has 1 aliphatic rings. The molecule has 80 valence electrons. The molecule has 0 atom stereocenters. The first kappa shape index (κ1) is 9.96. The van der Waals surface area contributed by atoms with Gasteiger partial charge < -0.3 is 5.32 Å². The Balaban J connectivity index is 2.18. The molecule has 2 rings (SSSR count). The van der Waals surface area contributed by atoms with Gasteiger partial charge in [-0.1, -0.05) is 0 Å². The van der Waals surface area contributed by atoms with Crippen molar-refractivity contribution in [1.82, 2.24) is 0 Å². The SMILES string of the molecule is Cc1cc(NC2CCC2)cc([N+](=O)[O-])c1. The second kappa shape index (κ2) is 3.88. The van der Waals surface area contributed by atoms with Gasteiger partial charge in [0.05, 0.1) is 4.92 Å². The Morgan fingerprint density at radius 3 is 2.67 bits per heavy atom. The van der Waals surface area contributed by atoms with Gasteiger partial charge in [-0.15, -0.1) is 0 Å². The van der Waals surface area contributed by atoms with Crippen LogP contribution in [0.3, 0.4) is 0 Å². The third-order valence-electron chi connectivity index (χ3n) is 2.75. The Hall–Kier alpha value is -1.58. The summed E-state index contributed by atoms with van der Waals surface area (Å²) in [6.45, 7) is 1.87. The van der Waals surface area contributed by atoms with E-state index in [-0.39, 0.29) is 10.6 Å². The molecule has 0 bridgehead atoms. The van der Waals surface area contributed by atoms with Crippen LogP contribution in [0, 0.1) is 17.0 Å². The highest BCUT2D eigenvalue weighted by Gasteiger charge is 2.18. The lowest BCUT2D eigenvalue weighted by atomic mass is 9.93. The lowest BCUT2D eigenvalue weighted by Crippen LogP contribution is -2.26. The summed E-state index contributed by atoms with van der Waals surface area (Å²) < 4.78 is 0. The van der Waals surface area contributed by atoms with Crippen molar-refractivity contribution in [2.24, 2.45) is 0 Å². The first-order valence-corrected chi connectivity index (χ1v) is 5.18. The normalized spacial score (nSPS) is 15.8. The van der Waals surface area contributed by atoms with Crippen LogP contribution in [0.5, 0.6) is 0 Å². The van der Waals surface area contributed by atoms with Crippen LogP contribution < -0.4 is 5.32 Å². The Morgan fingerprint density at radius 1 is 1.40 bits per heavy atom. The molecule has 0 aliphatic heterocycles. The molecule has 4 nitrogen and oxygen atoms in total. The number of non-ortho nitro benzene ring substituents is 1. The Labute approximate surface area is 88.5 Å². The Morgan fingerprint density at radius 2 is 2.13 bits per heavy atom. The molecule has 0 saturated heterocycles. The summed E-state index contributed by atoms with van der Waals surface area (Å²) in [6.07, 6.45) is 3.59. The Bertz CT molecular complexity index is 386. The molecule has 1 aromatic rings. The molecule has 1 saturated carbocycles. The predicted molar refractivity (Wildman–Crippen MR) is 59.1 cm³/mol. The number of nitro groups is 1. The fourth-order valence-corrected chi connectivity index (χ4v) is 1.74. The van der Waals surface area contributed by atoms with E-state index >= 15 is 0 Å². The molecule has 15 heavy (non-hydrogen) atoms. The Kier molecular flexibility index (Phi) is 2.58. The van der Waals surface area contributed by atoms with Crippen LogP contribution in [0.25, 0.3) is 0 Å². The summed E-state index contributed by atoms with van der Waals surface area (Å²) >= 11 is 0. The lowest BCUT2D eigenvalue weighted by molar-refractivity contribution is -0.384. The fourth-order valence-electron chi connectivity index (χ4n) is 1.74. The van der Waals surface area contributed by atoms with Crippen molar-refractivity contribution in [3.63, 3.8) is 0 Å². The monoisotopic (exact) mass is 206 g/mol. The van der Waals surface area contributed by atoms with E-state index in [0.29, 0.717) is 6.04 Å². The molecule has 0 amide bonds. The summed E-state index contributed by atoms with van der Waals surface area (Å²) in [5.74, 6) is 0. The number of aryl methyl sites for hydroxylation is 1. The molecule has 0 heterocycles. The van der Waals surface area contributed by atoms with Crippen LogP contribution in [0.2, 0.25) is 0 Å². The maximum atomic E-state index is 10.7. The number of hydrogen-bond acceptors (Lipinski definition) is 3. The highest BCUT2D eigenvalue weighted by Crippen LogP contribution is 2.26. The van der Waals surface area contributed by atoms with Gasteiger partial charge in [-0.05, 0) is 37.8 Å². The minimum absolute atomic E-state index is 0.164. The van der Waals surface area contributed by atoms with Gasteiger partial charge in [0.25, 0.3) is 5.69 Å². The topological polar surface area (TPSA) is 55.2 Å². The van der Waals surface area contributed by atoms with Gasteiger partial charge in [0, 0.05) is 23.9 Å². The van der Waals surface area contributed by atoms with E-state index in [4.69, 9.17) is 0 Å². The first-order chi connectivity index (χ1) is 7.15. The molecule has 1 aliphatic carbocycles. The van der Waals surface area contributed by atoms with Gasteiger partial charge in [-0.25, -0.2) is 0 Å². The average molecular weight is 206 g/mol. The van der Waals surface area contributed by atoms with Crippen LogP contribution in [0.1, 0.15) is 24.8 Å². The third-order valence-corrected chi connectivity index (χ3v) is 2.75. The van der Waals surface area contributed by atoms with E-state index in [1.165, 1.54) is 19.3 Å². The minimum atomic E-state index is -0.348. The zero-order chi connectivity index (χ0) is 10.8. The van der Waals surface area contributed by atoms with Crippen molar-refractivity contribution < 1.29 is 4.92 Å². The van der Waals surface area contributed by atoms with E-state index in [0.717, 1.165) is 11.3 Å². The third kappa shape index (κ3) is 2.26. The van der Waals surface area contributed by atoms with E-state index in [2.05, 4.69) is 5.32 Å². The molecule has 1 fully saturated rings. The van der Waals surface area contributed by atoms with Crippen LogP contribution in [-0.4, -0.2) is 11.0 Å². The minimum Gasteiger partial charge on any atom is -0.382 e. The van der Waals surface area contributed by atoms with Crippen LogP contribution in [-0.2, 0) is 0 Å². The largest absolute Gasteiger partial charge is 0.382 e. The second-order valence-electron chi connectivity index (χ2n) is 4.09. The van der Waals surface area contributed by atoms with Crippen molar-refractivity contribution >= 4 is 11.4 Å². The van der Waals surface area contributed by atoms with Gasteiger partial charge in [0.2, 0.25) is 0 Å². The highest BCUT2D eigenvalue weighted by molar-refractivity contribution is 5.54. The van der Waals surface area contributed by atoms with Crippen molar-refractivity contribution in [3.05, 3.63) is 33.9 Å². The zero-order valence-corrected chi connectivity index (χ0v) is 8.69. The molecule has 4 heteroatoms. The number of rotatable bonds is 3. The standard InChI is InChI=1S/C11H14N2O2/c1-8-5-10(12-9-3-2-4-9)7-11(6-8)13(14)15/h5-7,9,12H,2-4H2,1H3. The fraction of sp³-hybridized carbons (Fsp3) is 0.455. The molecule has 0 spiro atoms. The van der Waals surface area contributed by atoms with Crippen molar-refractivity contribution in [1.29, 1.82) is 0 Å². The van der Waals surface area contributed by atoms with Gasteiger partial charge in [0.1, 0.15) is 0 Å². The molecular formula is C11H14N2O2. The number of nitrogens with zero attached hydrogens (tertiary/aromatic N) is 1. The smallest absolute Gasteiger partial charge is 0.271 e. The quantitative estimate of drug-likeness (QED) is 0.611. The van der Waals surface area contributed by atoms with Gasteiger partial charge in [-0.2, -0.15) is 0 Å². The maximum Gasteiger partial charge on any atom is 0.271 e. The molecule has 1 aromatic carbocycles. The lowest BCUT2D eigenvalue weighted by Gasteiger charge is -2.27. The second-order valence-corrected chi connectivity index (χ2v) is 4.09. The van der Waals surface area contributed by atoms with Crippen LogP contribution in [0.4, 0.5) is 11.4 Å². The predicted octanol–water partition coefficient (Wildman–Crippen LogP) is 2.87. The first-order valence-electron chi connectivity index (χ1n) is 5.18. The number of nitrogens with one attached hydrogen (secondary N) is 1. The van der Waals surface area contributed by atoms with E-state index < -0.39 is 0 Å². The van der Waals surface area contributed by atoms with Crippen molar-refractivity contribution in [3.8, 4) is 0 Å². The van der Waals surface area contributed by atoms with Crippen molar-refractivity contribution in [2.45, 2.75) is 32.2 Å². The number of nitro benzene ring substituents is 1. The molecular weight excluding hydrogens is 192 g/mol. The van der Waals surface area contributed by atoms with E-state index in [1.54, 1.807) is 12.1 Å². The number of anilines is 1. The average Bonchev–Trinajstić information content (AvgIpc) is 2.10. The summed E-state index contributed by atoms with van der Waals surface area (Å²) in [4.78, 5) is 10.3. The molecule has 1 N–H and O–H groups in total. The van der Waals surface area contributed by atoms with Gasteiger partial charge in [-0.3, -0.25) is 10.1 Å². The summed E-state index contributed by atoms with van der Waals surface area (Å²) in [7, 11) is 0. The van der Waals surface area contributed by atoms with E-state index in [1.807, 2.05) is 13.0 Å². The summed E-state index contributed by atoms with van der Waals surface area (Å²) in [5, 5.41) is 14.0. The molecule has 0 aromatic heterocycles. The summed E-state index contributed by atoms with van der Waals surface area (Å²) in [5.41, 5.74) is 1.95. The van der Waals surface area contributed by atoms with Gasteiger partial charge in [0.15, 0.2) is 0 Å². The van der Waals surface area contributed by atoms with Crippen LogP contribution in [0.15, 0.2) is 18.2 Å². The molecule has 0 radical (unpaired) electrons. The van der Waals surface area contributed by atoms with E-state index in [9.17, 15) is 10.1 Å². The molecule has 0 unspecified atom stereocenters. The highest BCUT2D eigenvalue weighted by atomic mass is 16.6. The van der Waals surface area contributed by atoms with Gasteiger partial charge >= 0.3 is 0 Å².